The summed E-state index contributed by atoms with van der Waals surface area (Å²) in [4.78, 5) is 34.1. The van der Waals surface area contributed by atoms with E-state index in [1.807, 2.05) is 0 Å². The lowest BCUT2D eigenvalue weighted by molar-refractivity contribution is -0.161. The predicted octanol–water partition coefficient (Wildman–Crippen LogP) is 5.77. The molecule has 11 heteroatoms. The number of phosphoric ester groups is 1. The molecule has 0 saturated heterocycles. The molecule has 39 heavy (non-hydrogen) atoms. The van der Waals surface area contributed by atoms with E-state index in [0.29, 0.717) is 12.8 Å². The van der Waals surface area contributed by atoms with Gasteiger partial charge in [-0.1, -0.05) is 77.4 Å². The van der Waals surface area contributed by atoms with Crippen molar-refractivity contribution in [3.63, 3.8) is 0 Å². The van der Waals surface area contributed by atoms with Gasteiger partial charge < -0.3 is 24.6 Å². The van der Waals surface area contributed by atoms with Crippen molar-refractivity contribution in [2.45, 2.75) is 129 Å². The van der Waals surface area contributed by atoms with Gasteiger partial charge in [0.15, 0.2) is 6.10 Å². The quantitative estimate of drug-likeness (QED) is 0.0473. The number of aliphatic hydroxyl groups is 2. The van der Waals surface area contributed by atoms with Gasteiger partial charge in [-0.3, -0.25) is 18.6 Å². The lowest BCUT2D eigenvalue weighted by Gasteiger charge is -2.20. The highest BCUT2D eigenvalue weighted by Gasteiger charge is 2.27. The first-order chi connectivity index (χ1) is 18.7. The predicted molar refractivity (Wildman–Crippen MR) is 150 cm³/mol. The minimum atomic E-state index is -4.59. The van der Waals surface area contributed by atoms with Gasteiger partial charge in [-0.2, -0.15) is 0 Å². The molecule has 0 bridgehead atoms. The standard InChI is InChI=1S/C28H53O10P/c1-3-5-7-9-10-11-12-13-14-15-16-18-20-28(32)38-26(23-35-27(31)19-17-8-6-4-2)24-37-39(33,34)36-22-25(30)21-29/h10-11,25-26,29-30H,3-9,12-24H2,1-2H3,(H,33,34)/b11-10-. The van der Waals surface area contributed by atoms with E-state index in [1.54, 1.807) is 0 Å². The first-order valence-corrected chi connectivity index (χ1v) is 16.1. The van der Waals surface area contributed by atoms with Gasteiger partial charge in [-0.05, 0) is 38.5 Å². The molecule has 0 aromatic heterocycles. The summed E-state index contributed by atoms with van der Waals surface area (Å²) in [6, 6.07) is 0. The maximum atomic E-state index is 12.4. The zero-order valence-electron chi connectivity index (χ0n) is 24.1. The number of ether oxygens (including phenoxy) is 2. The fraction of sp³-hybridized carbons (Fsp3) is 0.857. The molecule has 0 aromatic rings. The van der Waals surface area contributed by atoms with Crippen LogP contribution in [0.25, 0.3) is 0 Å². The summed E-state index contributed by atoms with van der Waals surface area (Å²) in [5.74, 6) is -0.959. The van der Waals surface area contributed by atoms with E-state index in [1.165, 1.54) is 19.3 Å². The average molecular weight is 581 g/mol. The molecule has 3 N–H and O–H groups in total. The minimum Gasteiger partial charge on any atom is -0.462 e. The lowest BCUT2D eigenvalue weighted by atomic mass is 10.1. The fourth-order valence-electron chi connectivity index (χ4n) is 3.57. The number of allylic oxidation sites excluding steroid dienone is 2. The summed E-state index contributed by atoms with van der Waals surface area (Å²) < 4.78 is 32.1. The molecule has 0 aromatic carbocycles. The van der Waals surface area contributed by atoms with E-state index in [0.717, 1.165) is 57.8 Å². The van der Waals surface area contributed by atoms with Crippen LogP contribution in [0, 0.1) is 0 Å². The molecule has 0 aliphatic heterocycles. The number of carbonyl (C=O) groups excluding carboxylic acids is 2. The van der Waals surface area contributed by atoms with Crippen LogP contribution in [0.2, 0.25) is 0 Å². The Labute approximate surface area is 235 Å². The molecule has 0 amide bonds. The number of carbonyl (C=O) groups is 2. The second-order valence-corrected chi connectivity index (χ2v) is 11.2. The van der Waals surface area contributed by atoms with Crippen LogP contribution in [-0.2, 0) is 32.7 Å². The van der Waals surface area contributed by atoms with E-state index in [9.17, 15) is 24.2 Å². The normalized spacial score (nSPS) is 14.7. The number of aliphatic hydroxyl groups excluding tert-OH is 2. The van der Waals surface area contributed by atoms with Crippen LogP contribution < -0.4 is 0 Å². The highest BCUT2D eigenvalue weighted by molar-refractivity contribution is 7.47. The van der Waals surface area contributed by atoms with E-state index >= 15 is 0 Å². The number of hydrogen-bond donors (Lipinski definition) is 3. The largest absolute Gasteiger partial charge is 0.472 e. The molecule has 0 aliphatic carbocycles. The maximum absolute atomic E-state index is 12.4. The SMILES string of the molecule is CCCCC/C=C\CCCCCCCC(=O)OC(COC(=O)CCCCCC)COP(=O)(O)OCC(O)CO. The zero-order valence-corrected chi connectivity index (χ0v) is 25.0. The third kappa shape index (κ3) is 25.4. The third-order valence-electron chi connectivity index (χ3n) is 5.92. The van der Waals surface area contributed by atoms with Crippen molar-refractivity contribution >= 4 is 19.8 Å². The van der Waals surface area contributed by atoms with E-state index in [2.05, 4.69) is 30.5 Å². The molecule has 230 valence electrons. The van der Waals surface area contributed by atoms with Crippen LogP contribution in [0.15, 0.2) is 12.2 Å². The highest BCUT2D eigenvalue weighted by Crippen LogP contribution is 2.43. The molecular weight excluding hydrogens is 527 g/mol. The minimum absolute atomic E-state index is 0.175. The van der Waals surface area contributed by atoms with Gasteiger partial charge in [0, 0.05) is 12.8 Å². The van der Waals surface area contributed by atoms with Gasteiger partial charge >= 0.3 is 19.8 Å². The van der Waals surface area contributed by atoms with Gasteiger partial charge in [0.2, 0.25) is 0 Å². The Hall–Kier alpha value is -1.29. The van der Waals surface area contributed by atoms with Crippen molar-refractivity contribution in [3.8, 4) is 0 Å². The Bertz CT molecular complexity index is 685. The number of hydrogen-bond acceptors (Lipinski definition) is 9. The molecule has 0 saturated carbocycles. The number of rotatable bonds is 27. The zero-order chi connectivity index (χ0) is 29.2. The van der Waals surface area contributed by atoms with Crippen LogP contribution in [0.5, 0.6) is 0 Å². The molecule has 0 spiro atoms. The summed E-state index contributed by atoms with van der Waals surface area (Å²) in [6.07, 6.45) is 16.9. The number of unbranched alkanes of at least 4 members (excludes halogenated alkanes) is 11. The molecule has 3 atom stereocenters. The first kappa shape index (κ1) is 37.7. The second kappa shape index (κ2) is 25.7. The van der Waals surface area contributed by atoms with Crippen LogP contribution in [-0.4, -0.2) is 65.7 Å². The summed E-state index contributed by atoms with van der Waals surface area (Å²) in [5, 5.41) is 18.1. The molecule has 0 fully saturated rings. The monoisotopic (exact) mass is 580 g/mol. The van der Waals surface area contributed by atoms with E-state index < -0.39 is 51.8 Å². The van der Waals surface area contributed by atoms with E-state index in [4.69, 9.17) is 19.1 Å². The topological polar surface area (TPSA) is 149 Å². The molecule has 10 nitrogen and oxygen atoms in total. The Balaban J connectivity index is 4.43. The smallest absolute Gasteiger partial charge is 0.462 e. The molecule has 0 radical (unpaired) electrons. The van der Waals surface area contributed by atoms with Crippen LogP contribution in [0.1, 0.15) is 117 Å². The van der Waals surface area contributed by atoms with Crippen molar-refractivity contribution in [2.75, 3.05) is 26.4 Å². The van der Waals surface area contributed by atoms with Crippen LogP contribution in [0.4, 0.5) is 0 Å². The van der Waals surface area contributed by atoms with Gasteiger partial charge in [0.25, 0.3) is 0 Å². The first-order valence-electron chi connectivity index (χ1n) is 14.6. The van der Waals surface area contributed by atoms with Crippen molar-refractivity contribution in [2.24, 2.45) is 0 Å². The van der Waals surface area contributed by atoms with Crippen molar-refractivity contribution in [1.29, 1.82) is 0 Å². The lowest BCUT2D eigenvalue weighted by Crippen LogP contribution is -2.29. The molecular formula is C28H53O10P. The average Bonchev–Trinajstić information content (AvgIpc) is 2.91. The summed E-state index contributed by atoms with van der Waals surface area (Å²) >= 11 is 0. The summed E-state index contributed by atoms with van der Waals surface area (Å²) in [5.41, 5.74) is 0. The van der Waals surface area contributed by atoms with Gasteiger partial charge in [0.05, 0.1) is 19.8 Å². The summed E-state index contributed by atoms with van der Waals surface area (Å²) in [6.45, 7) is 2.15. The molecule has 0 heterocycles. The third-order valence-corrected chi connectivity index (χ3v) is 6.87. The van der Waals surface area contributed by atoms with E-state index in [-0.39, 0.29) is 19.4 Å². The van der Waals surface area contributed by atoms with Gasteiger partial charge in [-0.25, -0.2) is 4.57 Å². The number of phosphoric acid groups is 1. The fourth-order valence-corrected chi connectivity index (χ4v) is 4.36. The van der Waals surface area contributed by atoms with Crippen LogP contribution in [0.3, 0.4) is 0 Å². The van der Waals surface area contributed by atoms with Crippen molar-refractivity contribution < 1.29 is 47.8 Å². The van der Waals surface area contributed by atoms with Gasteiger partial charge in [0.1, 0.15) is 12.7 Å². The van der Waals surface area contributed by atoms with Crippen LogP contribution >= 0.6 is 7.82 Å². The Morgan fingerprint density at radius 3 is 1.90 bits per heavy atom. The Morgan fingerprint density at radius 1 is 0.744 bits per heavy atom. The van der Waals surface area contributed by atoms with Crippen molar-refractivity contribution in [1.82, 2.24) is 0 Å². The summed E-state index contributed by atoms with van der Waals surface area (Å²) in [7, 11) is -4.59. The molecule has 3 unspecified atom stereocenters. The van der Waals surface area contributed by atoms with Gasteiger partial charge in [-0.15, -0.1) is 0 Å². The Morgan fingerprint density at radius 2 is 1.26 bits per heavy atom. The maximum Gasteiger partial charge on any atom is 0.472 e. The highest BCUT2D eigenvalue weighted by atomic mass is 31.2. The molecule has 0 aliphatic rings. The molecule has 0 rings (SSSR count). The Kier molecular flexibility index (Phi) is 24.8. The second-order valence-electron chi connectivity index (χ2n) is 9.78. The number of esters is 2. The van der Waals surface area contributed by atoms with Crippen molar-refractivity contribution in [3.05, 3.63) is 12.2 Å².